The maximum Gasteiger partial charge on any atom is 0.419 e. The predicted octanol–water partition coefficient (Wildman–Crippen LogP) is 2.44. The highest BCUT2D eigenvalue weighted by atomic mass is 19.4. The molecule has 0 atom stereocenters. The number of halogens is 5. The molecular weight excluding hydrogens is 275 g/mol. The maximum atomic E-state index is 12.7. The van der Waals surface area contributed by atoms with E-state index in [1.165, 1.54) is 0 Å². The van der Waals surface area contributed by atoms with Crippen LogP contribution < -0.4 is 10.5 Å². The average Bonchev–Trinajstić information content (AvgIpc) is 2.34. The van der Waals surface area contributed by atoms with Crippen LogP contribution in [0.1, 0.15) is 11.1 Å². The Morgan fingerprint density at radius 1 is 1.37 bits per heavy atom. The van der Waals surface area contributed by atoms with E-state index in [4.69, 9.17) is 10.9 Å². The summed E-state index contributed by atoms with van der Waals surface area (Å²) in [5.74, 6) is -1.28. The van der Waals surface area contributed by atoms with Crippen LogP contribution >= 0.6 is 0 Å². The van der Waals surface area contributed by atoms with Crippen LogP contribution in [0, 0.1) is 0 Å². The van der Waals surface area contributed by atoms with Crippen molar-refractivity contribution in [1.82, 2.24) is 0 Å². The van der Waals surface area contributed by atoms with Gasteiger partial charge in [0.25, 0.3) is 6.43 Å². The quantitative estimate of drug-likeness (QED) is 0.293. The lowest BCUT2D eigenvalue weighted by molar-refractivity contribution is -0.139. The molecule has 4 nitrogen and oxygen atoms in total. The number of alkyl halides is 5. The normalized spacial score (nSPS) is 12.8. The van der Waals surface area contributed by atoms with E-state index in [1.54, 1.807) is 0 Å². The Morgan fingerprint density at radius 2 is 2.00 bits per heavy atom. The number of nitrogens with two attached hydrogens (primary N) is 1. The monoisotopic (exact) mass is 284 g/mol. The van der Waals surface area contributed by atoms with Crippen molar-refractivity contribution in [3.63, 3.8) is 0 Å². The minimum atomic E-state index is -4.82. The zero-order valence-electron chi connectivity index (χ0n) is 9.29. The van der Waals surface area contributed by atoms with Crippen molar-refractivity contribution >= 4 is 5.84 Å². The number of hydrogen-bond donors (Lipinski definition) is 2. The van der Waals surface area contributed by atoms with Gasteiger partial charge in [0, 0.05) is 5.56 Å². The third kappa shape index (κ3) is 3.97. The molecule has 0 aromatic heterocycles. The van der Waals surface area contributed by atoms with Crippen molar-refractivity contribution in [2.45, 2.75) is 12.6 Å². The maximum absolute atomic E-state index is 12.7. The van der Waals surface area contributed by atoms with Gasteiger partial charge < -0.3 is 15.7 Å². The predicted molar refractivity (Wildman–Crippen MR) is 55.5 cm³/mol. The molecule has 9 heteroatoms. The summed E-state index contributed by atoms with van der Waals surface area (Å²) in [4.78, 5) is 0. The summed E-state index contributed by atoms with van der Waals surface area (Å²) in [5.41, 5.74) is 3.66. The molecule has 0 spiro atoms. The van der Waals surface area contributed by atoms with Gasteiger partial charge in [0.2, 0.25) is 0 Å². The lowest BCUT2D eigenvalue weighted by Crippen LogP contribution is -2.17. The summed E-state index contributed by atoms with van der Waals surface area (Å²) in [6, 6.07) is 2.44. The summed E-state index contributed by atoms with van der Waals surface area (Å²) < 4.78 is 66.4. The Kier molecular flexibility index (Phi) is 4.52. The Morgan fingerprint density at radius 3 is 2.47 bits per heavy atom. The Bertz CT molecular complexity index is 473. The molecule has 0 aliphatic heterocycles. The van der Waals surface area contributed by atoms with Crippen molar-refractivity contribution in [3.05, 3.63) is 29.3 Å². The van der Waals surface area contributed by atoms with Gasteiger partial charge >= 0.3 is 6.18 Å². The van der Waals surface area contributed by atoms with Crippen molar-refractivity contribution < 1.29 is 31.9 Å². The molecule has 0 unspecified atom stereocenters. The number of benzene rings is 1. The molecule has 0 radical (unpaired) electrons. The number of ether oxygens (including phenoxy) is 1. The van der Waals surface area contributed by atoms with Crippen LogP contribution in [0.15, 0.2) is 23.4 Å². The van der Waals surface area contributed by atoms with Crippen LogP contribution in [0.5, 0.6) is 5.75 Å². The van der Waals surface area contributed by atoms with Gasteiger partial charge in [-0.15, -0.1) is 0 Å². The van der Waals surface area contributed by atoms with Crippen LogP contribution in [0.25, 0.3) is 0 Å². The highest BCUT2D eigenvalue weighted by Gasteiger charge is 2.35. The summed E-state index contributed by atoms with van der Waals surface area (Å²) in [6.45, 7) is -1.16. The summed E-state index contributed by atoms with van der Waals surface area (Å²) >= 11 is 0. The van der Waals surface area contributed by atoms with Crippen molar-refractivity contribution in [2.75, 3.05) is 6.61 Å². The molecule has 0 saturated carbocycles. The molecule has 0 aliphatic rings. The van der Waals surface area contributed by atoms with Gasteiger partial charge in [-0.3, -0.25) is 0 Å². The molecule has 0 fully saturated rings. The number of rotatable bonds is 4. The fourth-order valence-electron chi connectivity index (χ4n) is 1.25. The first-order valence-electron chi connectivity index (χ1n) is 4.85. The van der Waals surface area contributed by atoms with E-state index in [2.05, 4.69) is 9.89 Å². The molecule has 0 bridgehead atoms. The minimum absolute atomic E-state index is 0.209. The van der Waals surface area contributed by atoms with Crippen molar-refractivity contribution in [2.24, 2.45) is 10.9 Å². The average molecular weight is 284 g/mol. The molecule has 0 saturated heterocycles. The molecule has 0 aliphatic carbocycles. The fourth-order valence-corrected chi connectivity index (χ4v) is 1.25. The van der Waals surface area contributed by atoms with Gasteiger partial charge in [-0.2, -0.15) is 13.2 Å². The first-order chi connectivity index (χ1) is 8.75. The standard InChI is InChI=1S/C10H9F5N2O2/c11-8(12)4-19-7-2-1-5(9(16)17-18)3-6(7)10(13,14)15/h1-3,8,18H,4H2,(H2,16,17). The Hall–Kier alpha value is -2.06. The van der Waals surface area contributed by atoms with E-state index < -0.39 is 36.4 Å². The highest BCUT2D eigenvalue weighted by molar-refractivity contribution is 5.97. The van der Waals surface area contributed by atoms with Gasteiger partial charge in [0.15, 0.2) is 5.84 Å². The first-order valence-corrected chi connectivity index (χ1v) is 4.85. The topological polar surface area (TPSA) is 67.8 Å². The van der Waals surface area contributed by atoms with Crippen LogP contribution in [0.4, 0.5) is 22.0 Å². The smallest absolute Gasteiger partial charge is 0.419 e. The zero-order chi connectivity index (χ0) is 14.6. The lowest BCUT2D eigenvalue weighted by atomic mass is 10.1. The Balaban J connectivity index is 3.18. The van der Waals surface area contributed by atoms with Gasteiger partial charge in [-0.1, -0.05) is 5.16 Å². The second kappa shape index (κ2) is 5.72. The van der Waals surface area contributed by atoms with Gasteiger partial charge in [-0.25, -0.2) is 8.78 Å². The Labute approximate surface area is 104 Å². The third-order valence-corrected chi connectivity index (χ3v) is 2.05. The van der Waals surface area contributed by atoms with Crippen molar-refractivity contribution in [1.29, 1.82) is 0 Å². The SMILES string of the molecule is N/C(=N/O)c1ccc(OCC(F)F)c(C(F)(F)F)c1. The van der Waals surface area contributed by atoms with Gasteiger partial charge in [-0.05, 0) is 18.2 Å². The van der Waals surface area contributed by atoms with E-state index in [1.807, 2.05) is 0 Å². The highest BCUT2D eigenvalue weighted by Crippen LogP contribution is 2.37. The van der Waals surface area contributed by atoms with Crippen LogP contribution in [0.3, 0.4) is 0 Å². The van der Waals surface area contributed by atoms with Crippen molar-refractivity contribution in [3.8, 4) is 5.75 Å². The molecule has 1 aromatic carbocycles. The van der Waals surface area contributed by atoms with Gasteiger partial charge in [0.05, 0.1) is 5.56 Å². The van der Waals surface area contributed by atoms with E-state index >= 15 is 0 Å². The van der Waals surface area contributed by atoms with Crippen LogP contribution in [-0.4, -0.2) is 24.1 Å². The van der Waals surface area contributed by atoms with E-state index in [-0.39, 0.29) is 5.56 Å². The van der Waals surface area contributed by atoms with Crippen LogP contribution in [0.2, 0.25) is 0 Å². The van der Waals surface area contributed by atoms with E-state index in [0.717, 1.165) is 12.1 Å². The zero-order valence-corrected chi connectivity index (χ0v) is 9.29. The summed E-state index contributed by atoms with van der Waals surface area (Å²) in [7, 11) is 0. The van der Waals surface area contributed by atoms with Crippen LogP contribution in [-0.2, 0) is 6.18 Å². The summed E-state index contributed by atoms with van der Waals surface area (Å²) in [6.07, 6.45) is -7.71. The second-order valence-corrected chi connectivity index (χ2v) is 3.40. The van der Waals surface area contributed by atoms with E-state index in [9.17, 15) is 22.0 Å². The van der Waals surface area contributed by atoms with Gasteiger partial charge in [0.1, 0.15) is 12.4 Å². The fraction of sp³-hybridized carbons (Fsp3) is 0.300. The second-order valence-electron chi connectivity index (χ2n) is 3.40. The third-order valence-electron chi connectivity index (χ3n) is 2.05. The summed E-state index contributed by atoms with van der Waals surface area (Å²) in [5, 5.41) is 10.9. The molecule has 19 heavy (non-hydrogen) atoms. The van der Waals surface area contributed by atoms with E-state index in [0.29, 0.717) is 6.07 Å². The first kappa shape index (κ1) is 15.0. The molecular formula is C10H9F5N2O2. The molecule has 1 rings (SSSR count). The molecule has 106 valence electrons. The number of hydrogen-bond acceptors (Lipinski definition) is 3. The molecule has 3 N–H and O–H groups in total. The number of nitrogens with zero attached hydrogens (tertiary/aromatic N) is 1. The minimum Gasteiger partial charge on any atom is -0.487 e. The lowest BCUT2D eigenvalue weighted by Gasteiger charge is -2.14. The largest absolute Gasteiger partial charge is 0.487 e. The number of amidine groups is 1. The molecule has 0 heterocycles. The molecule has 0 amide bonds. The number of oxime groups is 1. The molecule has 1 aromatic rings.